The van der Waals surface area contributed by atoms with Gasteiger partial charge < -0.3 is 0 Å². The molecule has 0 aromatic heterocycles. The van der Waals surface area contributed by atoms with E-state index in [1.54, 1.807) is 0 Å². The lowest BCUT2D eigenvalue weighted by Gasteiger charge is -2.12. The lowest BCUT2D eigenvalue weighted by Crippen LogP contribution is -2.05. The summed E-state index contributed by atoms with van der Waals surface area (Å²) in [6.07, 6.45) is 0. The third kappa shape index (κ3) is 4.25. The quantitative estimate of drug-likeness (QED) is 0.582. The summed E-state index contributed by atoms with van der Waals surface area (Å²) in [6, 6.07) is 0. The van der Waals surface area contributed by atoms with Gasteiger partial charge in [0.05, 0.1) is 0 Å². The van der Waals surface area contributed by atoms with Crippen molar-refractivity contribution in [3.8, 4) is 0 Å². The Labute approximate surface area is 83.0 Å². The minimum atomic E-state index is 0.527. The number of aliphatic imine (C=N–C) groups is 1. The molecule has 0 heterocycles. The van der Waals surface area contributed by atoms with Crippen molar-refractivity contribution in [1.29, 1.82) is 0 Å². The fraction of sp³-hybridized carbons (Fsp3) is 0.750. The second-order valence-electron chi connectivity index (χ2n) is 4.45. The van der Waals surface area contributed by atoms with Crippen molar-refractivity contribution < 1.29 is 0 Å². The molecule has 0 amide bonds. The van der Waals surface area contributed by atoms with Gasteiger partial charge in [0.25, 0.3) is 0 Å². The van der Waals surface area contributed by atoms with E-state index in [1.807, 2.05) is 0 Å². The van der Waals surface area contributed by atoms with Crippen LogP contribution in [0.15, 0.2) is 16.3 Å². The van der Waals surface area contributed by atoms with Crippen LogP contribution in [0.5, 0.6) is 0 Å². The first-order chi connectivity index (χ1) is 5.86. The SMILES string of the molecule is CC(=NC(=C(C)C)C(C)C)C(C)C. The summed E-state index contributed by atoms with van der Waals surface area (Å²) in [4.78, 5) is 4.67. The van der Waals surface area contributed by atoms with Gasteiger partial charge in [-0.15, -0.1) is 0 Å². The van der Waals surface area contributed by atoms with Crippen LogP contribution < -0.4 is 0 Å². The molecular weight excluding hydrogens is 158 g/mol. The molecule has 0 aromatic carbocycles. The van der Waals surface area contributed by atoms with Crippen LogP contribution in [0, 0.1) is 11.8 Å². The average molecular weight is 181 g/mol. The monoisotopic (exact) mass is 181 g/mol. The molecule has 1 heteroatoms. The summed E-state index contributed by atoms with van der Waals surface area (Å²) in [5, 5.41) is 0. The lowest BCUT2D eigenvalue weighted by molar-refractivity contribution is 0.738. The van der Waals surface area contributed by atoms with E-state index in [-0.39, 0.29) is 0 Å². The largest absolute Gasteiger partial charge is 0.262 e. The smallest absolute Gasteiger partial charge is 0.0414 e. The highest BCUT2D eigenvalue weighted by Crippen LogP contribution is 2.17. The van der Waals surface area contributed by atoms with E-state index < -0.39 is 0 Å². The Morgan fingerprint density at radius 3 is 1.54 bits per heavy atom. The predicted octanol–water partition coefficient (Wildman–Crippen LogP) is 4.05. The zero-order chi connectivity index (χ0) is 10.6. The molecule has 0 spiro atoms. The van der Waals surface area contributed by atoms with Gasteiger partial charge in [0.1, 0.15) is 0 Å². The fourth-order valence-corrected chi connectivity index (χ4v) is 1.14. The molecule has 0 aliphatic heterocycles. The van der Waals surface area contributed by atoms with E-state index in [9.17, 15) is 0 Å². The van der Waals surface area contributed by atoms with Crippen LogP contribution in [-0.2, 0) is 0 Å². The zero-order valence-electron chi connectivity index (χ0n) is 10.1. The minimum Gasteiger partial charge on any atom is -0.262 e. The van der Waals surface area contributed by atoms with Gasteiger partial charge >= 0.3 is 0 Å². The average Bonchev–Trinajstić information content (AvgIpc) is 1.97. The Morgan fingerprint density at radius 2 is 1.31 bits per heavy atom. The predicted molar refractivity (Wildman–Crippen MR) is 61.2 cm³/mol. The maximum Gasteiger partial charge on any atom is 0.0414 e. The first-order valence-corrected chi connectivity index (χ1v) is 5.08. The normalized spacial score (nSPS) is 12.5. The van der Waals surface area contributed by atoms with Crippen molar-refractivity contribution in [3.63, 3.8) is 0 Å². The van der Waals surface area contributed by atoms with E-state index in [0.717, 1.165) is 0 Å². The molecule has 0 bridgehead atoms. The summed E-state index contributed by atoms with van der Waals surface area (Å²) < 4.78 is 0. The van der Waals surface area contributed by atoms with Crippen LogP contribution in [-0.4, -0.2) is 5.71 Å². The maximum atomic E-state index is 4.67. The maximum absolute atomic E-state index is 4.67. The molecule has 0 aliphatic carbocycles. The van der Waals surface area contributed by atoms with Crippen molar-refractivity contribution in [2.24, 2.45) is 16.8 Å². The van der Waals surface area contributed by atoms with Crippen molar-refractivity contribution >= 4 is 5.71 Å². The topological polar surface area (TPSA) is 12.4 Å². The number of nitrogens with zero attached hydrogens (tertiary/aromatic N) is 1. The summed E-state index contributed by atoms with van der Waals surface area (Å²) in [5.74, 6) is 1.08. The summed E-state index contributed by atoms with van der Waals surface area (Å²) in [7, 11) is 0. The Bertz CT molecular complexity index is 215. The molecule has 0 unspecified atom stereocenters. The van der Waals surface area contributed by atoms with Crippen LogP contribution in [0.4, 0.5) is 0 Å². The zero-order valence-corrected chi connectivity index (χ0v) is 10.1. The molecule has 0 radical (unpaired) electrons. The molecule has 0 saturated heterocycles. The molecular formula is C12H23N. The van der Waals surface area contributed by atoms with Crippen molar-refractivity contribution in [3.05, 3.63) is 11.3 Å². The molecule has 0 N–H and O–H groups in total. The highest BCUT2D eigenvalue weighted by atomic mass is 14.8. The number of hydrogen-bond acceptors (Lipinski definition) is 1. The second-order valence-corrected chi connectivity index (χ2v) is 4.45. The van der Waals surface area contributed by atoms with Crippen molar-refractivity contribution in [2.45, 2.75) is 48.5 Å². The van der Waals surface area contributed by atoms with Gasteiger partial charge in [-0.1, -0.05) is 33.3 Å². The van der Waals surface area contributed by atoms with E-state index in [2.05, 4.69) is 53.5 Å². The lowest BCUT2D eigenvalue weighted by atomic mass is 10.0. The van der Waals surface area contributed by atoms with E-state index >= 15 is 0 Å². The molecule has 0 atom stereocenters. The number of hydrogen-bond donors (Lipinski definition) is 0. The third-order valence-electron chi connectivity index (χ3n) is 2.19. The third-order valence-corrected chi connectivity index (χ3v) is 2.19. The molecule has 0 rings (SSSR count). The van der Waals surface area contributed by atoms with Gasteiger partial charge in [0.2, 0.25) is 0 Å². The Morgan fingerprint density at radius 1 is 0.846 bits per heavy atom. The van der Waals surface area contributed by atoms with Crippen molar-refractivity contribution in [2.75, 3.05) is 0 Å². The van der Waals surface area contributed by atoms with Gasteiger partial charge in [0.15, 0.2) is 0 Å². The van der Waals surface area contributed by atoms with Crippen LogP contribution in [0.3, 0.4) is 0 Å². The van der Waals surface area contributed by atoms with Gasteiger partial charge in [-0.25, -0.2) is 0 Å². The molecule has 0 saturated carbocycles. The highest BCUT2D eigenvalue weighted by molar-refractivity contribution is 5.84. The standard InChI is InChI=1S/C12H23N/c1-8(2)11(7)13-12(9(3)4)10(5)6/h8-9H,1-7H3. The molecule has 1 nitrogen and oxygen atoms in total. The summed E-state index contributed by atoms with van der Waals surface area (Å²) in [5.41, 5.74) is 3.80. The van der Waals surface area contributed by atoms with Crippen LogP contribution >= 0.6 is 0 Å². The summed E-state index contributed by atoms with van der Waals surface area (Å²) >= 11 is 0. The fourth-order valence-electron chi connectivity index (χ4n) is 1.14. The molecule has 0 aliphatic rings. The van der Waals surface area contributed by atoms with Crippen LogP contribution in [0.2, 0.25) is 0 Å². The van der Waals surface area contributed by atoms with Gasteiger partial charge in [-0.2, -0.15) is 0 Å². The number of rotatable bonds is 3. The van der Waals surface area contributed by atoms with E-state index in [1.165, 1.54) is 17.0 Å². The van der Waals surface area contributed by atoms with Gasteiger partial charge in [-0.3, -0.25) is 4.99 Å². The highest BCUT2D eigenvalue weighted by Gasteiger charge is 2.05. The Balaban J connectivity index is 4.83. The van der Waals surface area contributed by atoms with Crippen LogP contribution in [0.25, 0.3) is 0 Å². The molecule has 0 aromatic rings. The molecule has 13 heavy (non-hydrogen) atoms. The summed E-state index contributed by atoms with van der Waals surface area (Å²) in [6.45, 7) is 15.1. The van der Waals surface area contributed by atoms with Crippen molar-refractivity contribution in [1.82, 2.24) is 0 Å². The molecule has 76 valence electrons. The van der Waals surface area contributed by atoms with Gasteiger partial charge in [-0.05, 0) is 32.6 Å². The van der Waals surface area contributed by atoms with E-state index in [0.29, 0.717) is 11.8 Å². The number of allylic oxidation sites excluding steroid dienone is 2. The Hall–Kier alpha value is -0.590. The molecule has 0 fully saturated rings. The first kappa shape index (κ1) is 12.4. The second kappa shape index (κ2) is 5.21. The first-order valence-electron chi connectivity index (χ1n) is 5.08. The van der Waals surface area contributed by atoms with E-state index in [4.69, 9.17) is 0 Å². The Kier molecular flexibility index (Phi) is 4.97. The van der Waals surface area contributed by atoms with Gasteiger partial charge in [0, 0.05) is 11.4 Å². The van der Waals surface area contributed by atoms with Crippen LogP contribution in [0.1, 0.15) is 48.5 Å². The minimum absolute atomic E-state index is 0.527.